The Kier molecular flexibility index (Phi) is 5.02. The van der Waals surface area contributed by atoms with E-state index in [1.807, 2.05) is 48.5 Å². The lowest BCUT2D eigenvalue weighted by Gasteiger charge is -2.33. The number of para-hydroxylation sites is 1. The highest BCUT2D eigenvalue weighted by Gasteiger charge is 2.36. The second-order valence-corrected chi connectivity index (χ2v) is 6.34. The molecule has 1 aliphatic heterocycles. The van der Waals surface area contributed by atoms with Crippen molar-refractivity contribution < 1.29 is 19.5 Å². The summed E-state index contributed by atoms with van der Waals surface area (Å²) in [5.74, 6) is -2.25. The van der Waals surface area contributed by atoms with Gasteiger partial charge in [-0.1, -0.05) is 48.5 Å². The Hall–Kier alpha value is -3.15. The van der Waals surface area contributed by atoms with Gasteiger partial charge in [0.25, 0.3) is 0 Å². The maximum atomic E-state index is 13.1. The van der Waals surface area contributed by atoms with Crippen LogP contribution in [-0.2, 0) is 20.9 Å². The monoisotopic (exact) mass is 352 g/mol. The van der Waals surface area contributed by atoms with Crippen LogP contribution in [0.3, 0.4) is 0 Å². The Labute approximate surface area is 151 Å². The minimum Gasteiger partial charge on any atom is -0.480 e. The third-order valence-corrected chi connectivity index (χ3v) is 4.58. The second kappa shape index (κ2) is 7.39. The van der Waals surface area contributed by atoms with Crippen molar-refractivity contribution >= 4 is 23.5 Å². The average Bonchev–Trinajstić information content (AvgIpc) is 2.64. The maximum Gasteiger partial charge on any atom is 0.323 e. The van der Waals surface area contributed by atoms with Gasteiger partial charge in [0.15, 0.2) is 0 Å². The number of aliphatic carboxylic acids is 1. The second-order valence-electron chi connectivity index (χ2n) is 6.34. The average molecular weight is 352 g/mol. The number of fused-ring (bicyclic) bond motifs is 1. The fraction of sp³-hybridized carbons (Fsp3) is 0.250. The minimum absolute atomic E-state index is 0.0389. The van der Waals surface area contributed by atoms with Gasteiger partial charge in [-0.15, -0.1) is 0 Å². The molecule has 6 heteroatoms. The van der Waals surface area contributed by atoms with Gasteiger partial charge in [-0.2, -0.15) is 0 Å². The molecule has 3 rings (SSSR count). The van der Waals surface area contributed by atoms with E-state index >= 15 is 0 Å². The first-order valence-electron chi connectivity index (χ1n) is 8.37. The third-order valence-electron chi connectivity index (χ3n) is 4.58. The summed E-state index contributed by atoms with van der Waals surface area (Å²) < 4.78 is 0. The number of carboxylic acid groups (broad SMARTS) is 1. The Morgan fingerprint density at radius 3 is 2.46 bits per heavy atom. The topological polar surface area (TPSA) is 77.9 Å². The summed E-state index contributed by atoms with van der Waals surface area (Å²) in [6.07, 6.45) is 0.0389. The zero-order valence-corrected chi connectivity index (χ0v) is 14.5. The number of amides is 2. The molecule has 0 aromatic heterocycles. The van der Waals surface area contributed by atoms with Crippen molar-refractivity contribution in [1.29, 1.82) is 0 Å². The fourth-order valence-corrected chi connectivity index (χ4v) is 3.26. The Morgan fingerprint density at radius 2 is 1.77 bits per heavy atom. The van der Waals surface area contributed by atoms with Crippen LogP contribution in [0, 0.1) is 0 Å². The number of carbonyl (C=O) groups excluding carboxylic acids is 2. The molecule has 0 saturated carbocycles. The first kappa shape index (κ1) is 17.7. The first-order valence-corrected chi connectivity index (χ1v) is 8.37. The molecule has 2 aromatic carbocycles. The van der Waals surface area contributed by atoms with Crippen LogP contribution in [-0.4, -0.2) is 41.4 Å². The number of carbonyl (C=O) groups is 3. The number of rotatable bonds is 5. The van der Waals surface area contributed by atoms with Crippen LogP contribution in [0.1, 0.15) is 23.5 Å². The number of carboxylic acids is 1. The minimum atomic E-state index is -1.08. The van der Waals surface area contributed by atoms with E-state index in [0.717, 1.165) is 11.1 Å². The third kappa shape index (κ3) is 3.59. The number of hydrogen-bond donors (Lipinski definition) is 1. The van der Waals surface area contributed by atoms with Gasteiger partial charge in [-0.05, 0) is 17.2 Å². The van der Waals surface area contributed by atoms with Gasteiger partial charge in [0.2, 0.25) is 11.8 Å². The van der Waals surface area contributed by atoms with Crippen molar-refractivity contribution in [2.24, 2.45) is 0 Å². The van der Waals surface area contributed by atoms with E-state index in [1.54, 1.807) is 13.1 Å². The van der Waals surface area contributed by atoms with Gasteiger partial charge in [0.1, 0.15) is 6.54 Å². The number of anilines is 1. The fourth-order valence-electron chi connectivity index (χ4n) is 3.26. The highest BCUT2D eigenvalue weighted by molar-refractivity contribution is 6.02. The molecule has 0 unspecified atom stereocenters. The molecule has 26 heavy (non-hydrogen) atoms. The van der Waals surface area contributed by atoms with E-state index in [2.05, 4.69) is 0 Å². The summed E-state index contributed by atoms with van der Waals surface area (Å²) in [6.45, 7) is -0.217. The van der Waals surface area contributed by atoms with Crippen molar-refractivity contribution in [3.63, 3.8) is 0 Å². The highest BCUT2D eigenvalue weighted by atomic mass is 16.4. The Balaban J connectivity index is 1.92. The summed E-state index contributed by atoms with van der Waals surface area (Å²) in [5, 5.41) is 9.23. The molecule has 0 bridgehead atoms. The zero-order valence-electron chi connectivity index (χ0n) is 14.5. The molecule has 0 radical (unpaired) electrons. The van der Waals surface area contributed by atoms with Crippen molar-refractivity contribution in [2.75, 3.05) is 18.5 Å². The molecule has 1 aliphatic rings. The molecule has 0 saturated heterocycles. The SMILES string of the molecule is CN1C(=O)C[C@H](C(=O)N(CC(=O)O)Cc2ccccc2)c2ccccc21. The van der Waals surface area contributed by atoms with Crippen LogP contribution >= 0.6 is 0 Å². The van der Waals surface area contributed by atoms with E-state index in [1.165, 1.54) is 9.80 Å². The molecule has 134 valence electrons. The smallest absolute Gasteiger partial charge is 0.323 e. The van der Waals surface area contributed by atoms with Gasteiger partial charge in [-0.25, -0.2) is 0 Å². The lowest BCUT2D eigenvalue weighted by Crippen LogP contribution is -2.43. The number of benzene rings is 2. The summed E-state index contributed by atoms with van der Waals surface area (Å²) in [5.41, 5.74) is 2.29. The molecular formula is C20H20N2O4. The van der Waals surface area contributed by atoms with Crippen LogP contribution in [0.5, 0.6) is 0 Å². The van der Waals surface area contributed by atoms with Crippen molar-refractivity contribution in [3.05, 3.63) is 65.7 Å². The Bertz CT molecular complexity index is 835. The summed E-state index contributed by atoms with van der Waals surface area (Å²) in [6, 6.07) is 16.5. The molecule has 1 atom stereocenters. The van der Waals surface area contributed by atoms with Crippen LogP contribution in [0.2, 0.25) is 0 Å². The predicted molar refractivity (Wildman–Crippen MR) is 96.7 cm³/mol. The first-order chi connectivity index (χ1) is 12.5. The summed E-state index contributed by atoms with van der Waals surface area (Å²) in [4.78, 5) is 39.6. The standard InChI is InChI=1S/C20H20N2O4/c1-21-17-10-6-5-9-15(17)16(11-18(21)23)20(26)22(13-19(24)25)12-14-7-3-2-4-8-14/h2-10,16H,11-13H2,1H3,(H,24,25)/t16-/m0/s1. The van der Waals surface area contributed by atoms with E-state index in [9.17, 15) is 19.5 Å². The van der Waals surface area contributed by atoms with Gasteiger partial charge >= 0.3 is 5.97 Å². The van der Waals surface area contributed by atoms with E-state index < -0.39 is 18.4 Å². The lowest BCUT2D eigenvalue weighted by molar-refractivity contribution is -0.146. The molecule has 1 N–H and O–H groups in total. The normalized spacial score (nSPS) is 16.1. The predicted octanol–water partition coefficient (Wildman–Crippen LogP) is 2.25. The molecule has 2 aromatic rings. The van der Waals surface area contributed by atoms with Crippen molar-refractivity contribution in [1.82, 2.24) is 4.90 Å². The lowest BCUT2D eigenvalue weighted by atomic mass is 9.88. The number of hydrogen-bond acceptors (Lipinski definition) is 3. The van der Waals surface area contributed by atoms with Crippen molar-refractivity contribution in [3.8, 4) is 0 Å². The maximum absolute atomic E-state index is 13.1. The van der Waals surface area contributed by atoms with E-state index in [-0.39, 0.29) is 24.8 Å². The molecule has 0 aliphatic carbocycles. The molecule has 0 fully saturated rings. The summed E-state index contributed by atoms with van der Waals surface area (Å²) in [7, 11) is 1.68. The van der Waals surface area contributed by atoms with Crippen LogP contribution in [0.15, 0.2) is 54.6 Å². The van der Waals surface area contributed by atoms with Gasteiger partial charge < -0.3 is 14.9 Å². The van der Waals surface area contributed by atoms with Crippen LogP contribution in [0.4, 0.5) is 5.69 Å². The molecule has 0 spiro atoms. The molecule has 1 heterocycles. The van der Waals surface area contributed by atoms with E-state index in [4.69, 9.17) is 0 Å². The van der Waals surface area contributed by atoms with Gasteiger partial charge in [0, 0.05) is 25.7 Å². The van der Waals surface area contributed by atoms with Crippen LogP contribution in [0.25, 0.3) is 0 Å². The molecular weight excluding hydrogens is 332 g/mol. The zero-order chi connectivity index (χ0) is 18.7. The highest BCUT2D eigenvalue weighted by Crippen LogP contribution is 2.36. The molecule has 6 nitrogen and oxygen atoms in total. The summed E-state index contributed by atoms with van der Waals surface area (Å²) >= 11 is 0. The van der Waals surface area contributed by atoms with Gasteiger partial charge in [-0.3, -0.25) is 14.4 Å². The van der Waals surface area contributed by atoms with Crippen molar-refractivity contribution in [2.45, 2.75) is 18.9 Å². The van der Waals surface area contributed by atoms with Crippen LogP contribution < -0.4 is 4.90 Å². The quantitative estimate of drug-likeness (QED) is 0.895. The molecule has 2 amide bonds. The Morgan fingerprint density at radius 1 is 1.12 bits per heavy atom. The largest absolute Gasteiger partial charge is 0.480 e. The van der Waals surface area contributed by atoms with Gasteiger partial charge in [0.05, 0.1) is 5.92 Å². The number of nitrogens with zero attached hydrogens (tertiary/aromatic N) is 2. The van der Waals surface area contributed by atoms with E-state index in [0.29, 0.717) is 5.69 Å².